The maximum Gasteiger partial charge on any atom is 0.197 e. The van der Waals surface area contributed by atoms with Crippen LogP contribution in [0.4, 0.5) is 0 Å². The van der Waals surface area contributed by atoms with Crippen molar-refractivity contribution in [2.45, 2.75) is 39.1 Å². The number of rotatable bonds is 9. The molecule has 0 fully saturated rings. The summed E-state index contributed by atoms with van der Waals surface area (Å²) in [6.45, 7) is 7.96. The van der Waals surface area contributed by atoms with Gasteiger partial charge in [0.1, 0.15) is 0 Å². The van der Waals surface area contributed by atoms with E-state index in [1.165, 1.54) is 5.56 Å². The Morgan fingerprint density at radius 3 is 2.60 bits per heavy atom. The summed E-state index contributed by atoms with van der Waals surface area (Å²) in [4.78, 5) is 0.971. The third kappa shape index (κ3) is 8.00. The summed E-state index contributed by atoms with van der Waals surface area (Å²) in [5.74, 6) is 0. The molecule has 112 valence electrons. The Kier molecular flexibility index (Phi) is 8.37. The van der Waals surface area contributed by atoms with E-state index in [2.05, 4.69) is 60.2 Å². The molecule has 20 heavy (non-hydrogen) atoms. The summed E-state index contributed by atoms with van der Waals surface area (Å²) in [5.41, 5.74) is 1.22. The van der Waals surface area contributed by atoms with Crippen LogP contribution >= 0.6 is 15.9 Å². The van der Waals surface area contributed by atoms with Crippen molar-refractivity contribution in [3.63, 3.8) is 0 Å². The Balaban J connectivity index is 2.13. The highest BCUT2D eigenvalue weighted by Gasteiger charge is 2.22. The predicted octanol–water partition coefficient (Wildman–Crippen LogP) is 4.69. The zero-order chi connectivity index (χ0) is 14.8. The van der Waals surface area contributed by atoms with Gasteiger partial charge in [-0.15, -0.1) is 0 Å². The fraction of sp³-hybridized carbons (Fsp3) is 0.500. The summed E-state index contributed by atoms with van der Waals surface area (Å²) in [6, 6.07) is 10.3. The molecule has 0 spiro atoms. The topological polar surface area (TPSA) is 18.5 Å². The van der Waals surface area contributed by atoms with Crippen LogP contribution in [0.25, 0.3) is 0 Å². The first kappa shape index (κ1) is 17.6. The van der Waals surface area contributed by atoms with Gasteiger partial charge in [0.2, 0.25) is 0 Å². The van der Waals surface area contributed by atoms with E-state index in [1.807, 2.05) is 18.2 Å². The largest absolute Gasteiger partial charge is 0.411 e. The van der Waals surface area contributed by atoms with Gasteiger partial charge < -0.3 is 9.16 Å². The molecule has 0 aliphatic carbocycles. The van der Waals surface area contributed by atoms with Crippen molar-refractivity contribution in [1.82, 2.24) is 0 Å². The summed E-state index contributed by atoms with van der Waals surface area (Å²) in [7, 11) is -1.53. The van der Waals surface area contributed by atoms with Crippen molar-refractivity contribution in [3.8, 4) is 0 Å². The van der Waals surface area contributed by atoms with E-state index in [9.17, 15) is 0 Å². The van der Waals surface area contributed by atoms with Crippen LogP contribution < -0.4 is 0 Å². The third-order valence-electron chi connectivity index (χ3n) is 2.77. The van der Waals surface area contributed by atoms with E-state index < -0.39 is 8.32 Å². The van der Waals surface area contributed by atoms with Gasteiger partial charge in [0.15, 0.2) is 8.32 Å². The van der Waals surface area contributed by atoms with E-state index >= 15 is 0 Å². The second-order valence-electron chi connectivity index (χ2n) is 5.47. The number of hydrogen-bond acceptors (Lipinski definition) is 2. The molecule has 0 radical (unpaired) electrons. The molecule has 0 bridgehead atoms. The molecule has 1 aromatic carbocycles. The minimum Gasteiger partial charge on any atom is -0.411 e. The summed E-state index contributed by atoms with van der Waals surface area (Å²) in [5, 5.41) is 0. The minimum atomic E-state index is -1.53. The second-order valence-corrected chi connectivity index (χ2v) is 11.2. The van der Waals surface area contributed by atoms with Crippen molar-refractivity contribution >= 4 is 24.2 Å². The van der Waals surface area contributed by atoms with Gasteiger partial charge >= 0.3 is 0 Å². The number of ether oxygens (including phenoxy) is 1. The number of alkyl halides is 1. The van der Waals surface area contributed by atoms with Gasteiger partial charge in [-0.2, -0.15) is 0 Å². The summed E-state index contributed by atoms with van der Waals surface area (Å²) >= 11 is 3.52. The number of benzene rings is 1. The molecule has 1 rings (SSSR count). The van der Waals surface area contributed by atoms with E-state index in [4.69, 9.17) is 9.16 Å². The van der Waals surface area contributed by atoms with E-state index in [0.717, 1.165) is 18.0 Å². The highest BCUT2D eigenvalue weighted by atomic mass is 79.9. The molecule has 0 N–H and O–H groups in total. The smallest absolute Gasteiger partial charge is 0.197 e. The first-order valence-corrected chi connectivity index (χ1v) is 11.3. The first-order chi connectivity index (χ1) is 9.53. The fourth-order valence-electron chi connectivity index (χ4n) is 1.78. The summed E-state index contributed by atoms with van der Waals surface area (Å²) < 4.78 is 11.7. The van der Waals surface area contributed by atoms with E-state index in [1.54, 1.807) is 0 Å². The van der Waals surface area contributed by atoms with Crippen molar-refractivity contribution in [2.75, 3.05) is 11.6 Å². The molecule has 1 aromatic rings. The van der Waals surface area contributed by atoms with Crippen LogP contribution in [0.5, 0.6) is 0 Å². The summed E-state index contributed by atoms with van der Waals surface area (Å²) in [6.07, 6.45) is 5.39. The van der Waals surface area contributed by atoms with Crippen molar-refractivity contribution in [3.05, 3.63) is 48.0 Å². The van der Waals surface area contributed by atoms with Gasteiger partial charge in [-0.3, -0.25) is 0 Å². The van der Waals surface area contributed by atoms with E-state index in [-0.39, 0.29) is 6.10 Å². The maximum atomic E-state index is 6.03. The van der Waals surface area contributed by atoms with Crippen LogP contribution in [0.1, 0.15) is 18.9 Å². The number of hydrogen-bond donors (Lipinski definition) is 0. The monoisotopic (exact) mass is 356 g/mol. The van der Waals surface area contributed by atoms with Crippen LogP contribution in [-0.2, 0) is 15.8 Å². The molecular formula is C16H25BrO2Si. The van der Waals surface area contributed by atoms with Crippen molar-refractivity contribution < 1.29 is 9.16 Å². The molecule has 0 amide bonds. The Morgan fingerprint density at radius 2 is 1.95 bits per heavy atom. The number of halogens is 1. The Labute approximate surface area is 132 Å². The zero-order valence-corrected chi connectivity index (χ0v) is 15.2. The Hall–Kier alpha value is -0.423. The lowest BCUT2D eigenvalue weighted by Gasteiger charge is -2.23. The fourth-order valence-corrected chi connectivity index (χ4v) is 3.32. The lowest BCUT2D eigenvalue weighted by atomic mass is 10.2. The average Bonchev–Trinajstić information content (AvgIpc) is 2.43. The molecule has 0 saturated heterocycles. The molecule has 0 heterocycles. The molecule has 0 aromatic heterocycles. The van der Waals surface area contributed by atoms with Gasteiger partial charge in [-0.25, -0.2) is 0 Å². The molecule has 0 aliphatic heterocycles. The molecular weight excluding hydrogens is 332 g/mol. The average molecular weight is 357 g/mol. The van der Waals surface area contributed by atoms with Crippen LogP contribution in [0.15, 0.2) is 42.5 Å². The van der Waals surface area contributed by atoms with Crippen LogP contribution in [0.3, 0.4) is 0 Å². The van der Waals surface area contributed by atoms with Crippen molar-refractivity contribution in [2.24, 2.45) is 0 Å². The molecule has 1 atom stereocenters. The highest BCUT2D eigenvalue weighted by Crippen LogP contribution is 2.11. The Morgan fingerprint density at radius 1 is 1.25 bits per heavy atom. The van der Waals surface area contributed by atoms with Gasteiger partial charge in [0, 0.05) is 4.95 Å². The molecule has 1 unspecified atom stereocenters. The normalized spacial score (nSPS) is 13.8. The lowest BCUT2D eigenvalue weighted by molar-refractivity contribution is 0.125. The standard InChI is InChI=1S/C16H25BrO2Si/c1-15(19-20(2,3)14-17)9-7-8-12-18-13-16-10-5-4-6-11-16/h4-7,9-11,15H,8,12-14H2,1-3H3/b9-7+. The van der Waals surface area contributed by atoms with E-state index in [0.29, 0.717) is 6.61 Å². The highest BCUT2D eigenvalue weighted by molar-refractivity contribution is 9.09. The van der Waals surface area contributed by atoms with Crippen LogP contribution in [0, 0.1) is 0 Å². The molecule has 4 heteroatoms. The lowest BCUT2D eigenvalue weighted by Crippen LogP contribution is -2.36. The van der Waals surface area contributed by atoms with Crippen LogP contribution in [-0.4, -0.2) is 26.0 Å². The third-order valence-corrected chi connectivity index (χ3v) is 8.48. The molecule has 0 aliphatic rings. The Bertz CT molecular complexity index is 393. The molecule has 0 saturated carbocycles. The first-order valence-electron chi connectivity index (χ1n) is 7.05. The van der Waals surface area contributed by atoms with Crippen LogP contribution in [0.2, 0.25) is 13.1 Å². The van der Waals surface area contributed by atoms with Gasteiger partial charge in [0.25, 0.3) is 0 Å². The zero-order valence-electron chi connectivity index (χ0n) is 12.6. The van der Waals surface area contributed by atoms with Gasteiger partial charge in [-0.05, 0) is 32.0 Å². The minimum absolute atomic E-state index is 0.184. The predicted molar refractivity (Wildman–Crippen MR) is 91.7 cm³/mol. The SMILES string of the molecule is CC(/C=C/CCOCc1ccccc1)O[Si](C)(C)CBr. The maximum absolute atomic E-state index is 6.03. The van der Waals surface area contributed by atoms with Gasteiger partial charge in [-0.1, -0.05) is 58.4 Å². The second kappa shape index (κ2) is 9.50. The van der Waals surface area contributed by atoms with Crippen molar-refractivity contribution in [1.29, 1.82) is 0 Å². The van der Waals surface area contributed by atoms with Gasteiger partial charge in [0.05, 0.1) is 19.3 Å². The molecule has 2 nitrogen and oxygen atoms in total. The quantitative estimate of drug-likeness (QED) is 0.276.